The van der Waals surface area contributed by atoms with E-state index in [1.54, 1.807) is 12.1 Å². The van der Waals surface area contributed by atoms with Gasteiger partial charge in [0, 0.05) is 0 Å². The molecule has 2 aliphatic heterocycles. The number of ether oxygens (including phenoxy) is 3. The molecular weight excluding hydrogens is 451 g/mol. The van der Waals surface area contributed by atoms with Crippen molar-refractivity contribution < 1.29 is 14.2 Å². The number of hydrogen-bond acceptors (Lipinski definition) is 7. The highest BCUT2D eigenvalue weighted by atomic mass is 35.5. The minimum atomic E-state index is 0. The molecule has 0 radical (unpaired) electrons. The van der Waals surface area contributed by atoms with Crippen LogP contribution in [0, 0.1) is 0 Å². The molecule has 0 aliphatic carbocycles. The van der Waals surface area contributed by atoms with Gasteiger partial charge in [0.1, 0.15) is 29.7 Å². The molecule has 3 heterocycles. The van der Waals surface area contributed by atoms with Crippen molar-refractivity contribution in [1.29, 1.82) is 0 Å². The number of nitrogens with one attached hydrogen (secondary N) is 2. The molecule has 160 valence electrons. The van der Waals surface area contributed by atoms with E-state index < -0.39 is 0 Å². The molecule has 1 saturated heterocycles. The Hall–Kier alpha value is -2.19. The Kier molecular flexibility index (Phi) is 7.31. The molecule has 30 heavy (non-hydrogen) atoms. The van der Waals surface area contributed by atoms with E-state index in [0.29, 0.717) is 28.0 Å². The van der Waals surface area contributed by atoms with Gasteiger partial charge in [-0.3, -0.25) is 0 Å². The molecule has 2 aliphatic rings. The molecule has 5 rings (SSSR count). The van der Waals surface area contributed by atoms with Gasteiger partial charge in [0.15, 0.2) is 11.5 Å². The molecule has 2 aromatic carbocycles. The monoisotopic (exact) mass is 470 g/mol. The molecule has 0 saturated carbocycles. The standard InChI is InChI=1S/C20H19ClN4O3.2ClH/c21-13-4-5-16-19(27-11-26-16)18(13)25-20-17-14(23-10-24-20)2-1-3-15(17)28-12-6-8-22-9-7-12;;/h1-5,10,12,22H,6-9,11H2,(H,23,24,25);2*1H. The maximum absolute atomic E-state index is 6.42. The Bertz CT molecular complexity index is 1030. The van der Waals surface area contributed by atoms with Gasteiger partial charge in [0.25, 0.3) is 0 Å². The first-order valence-corrected chi connectivity index (χ1v) is 9.63. The van der Waals surface area contributed by atoms with Crippen LogP contribution in [-0.4, -0.2) is 36.0 Å². The van der Waals surface area contributed by atoms with Crippen LogP contribution in [0.2, 0.25) is 5.02 Å². The molecule has 10 heteroatoms. The first-order valence-electron chi connectivity index (χ1n) is 9.26. The largest absolute Gasteiger partial charge is 0.489 e. The van der Waals surface area contributed by atoms with Gasteiger partial charge < -0.3 is 24.8 Å². The molecule has 3 aromatic rings. The van der Waals surface area contributed by atoms with Crippen LogP contribution in [0.15, 0.2) is 36.7 Å². The number of rotatable bonds is 4. The molecule has 1 aromatic heterocycles. The molecule has 7 nitrogen and oxygen atoms in total. The zero-order chi connectivity index (χ0) is 18.9. The highest BCUT2D eigenvalue weighted by Gasteiger charge is 2.23. The van der Waals surface area contributed by atoms with Crippen LogP contribution in [0.1, 0.15) is 12.8 Å². The summed E-state index contributed by atoms with van der Waals surface area (Å²) < 4.78 is 17.4. The third-order valence-corrected chi connectivity index (χ3v) is 5.25. The quantitative estimate of drug-likeness (QED) is 0.569. The Morgan fingerprint density at radius 3 is 2.73 bits per heavy atom. The fraction of sp³-hybridized carbons (Fsp3) is 0.300. The van der Waals surface area contributed by atoms with Crippen LogP contribution in [0.5, 0.6) is 17.2 Å². The van der Waals surface area contributed by atoms with E-state index in [1.165, 1.54) is 6.33 Å². The van der Waals surface area contributed by atoms with Crippen LogP contribution >= 0.6 is 36.4 Å². The first-order chi connectivity index (χ1) is 13.8. The summed E-state index contributed by atoms with van der Waals surface area (Å²) in [5.41, 5.74) is 1.41. The van der Waals surface area contributed by atoms with Gasteiger partial charge in [-0.05, 0) is 50.2 Å². The molecule has 0 unspecified atom stereocenters. The summed E-state index contributed by atoms with van der Waals surface area (Å²) in [4.78, 5) is 8.85. The van der Waals surface area contributed by atoms with Gasteiger partial charge >= 0.3 is 0 Å². The van der Waals surface area contributed by atoms with E-state index in [4.69, 9.17) is 25.8 Å². The molecule has 0 amide bonds. The number of hydrogen-bond donors (Lipinski definition) is 2. The maximum Gasteiger partial charge on any atom is 0.231 e. The second-order valence-corrected chi connectivity index (χ2v) is 7.13. The van der Waals surface area contributed by atoms with Crippen LogP contribution < -0.4 is 24.8 Å². The average molecular weight is 472 g/mol. The maximum atomic E-state index is 6.42. The summed E-state index contributed by atoms with van der Waals surface area (Å²) in [5, 5.41) is 8.00. The fourth-order valence-corrected chi connectivity index (χ4v) is 3.74. The number of nitrogens with zero attached hydrogens (tertiary/aromatic N) is 2. The Morgan fingerprint density at radius 2 is 1.90 bits per heavy atom. The lowest BCUT2D eigenvalue weighted by molar-refractivity contribution is 0.164. The molecule has 0 atom stereocenters. The third kappa shape index (κ3) is 4.30. The lowest BCUT2D eigenvalue weighted by atomic mass is 10.1. The van der Waals surface area contributed by atoms with Crippen molar-refractivity contribution >= 4 is 58.8 Å². The van der Waals surface area contributed by atoms with Crippen LogP contribution in [0.3, 0.4) is 0 Å². The minimum absolute atomic E-state index is 0. The van der Waals surface area contributed by atoms with Crippen molar-refractivity contribution in [1.82, 2.24) is 15.3 Å². The number of benzene rings is 2. The topological polar surface area (TPSA) is 77.5 Å². The summed E-state index contributed by atoms with van der Waals surface area (Å²) in [6.07, 6.45) is 3.63. The predicted molar refractivity (Wildman–Crippen MR) is 121 cm³/mol. The van der Waals surface area contributed by atoms with Crippen molar-refractivity contribution in [2.75, 3.05) is 25.2 Å². The third-order valence-electron chi connectivity index (χ3n) is 4.94. The van der Waals surface area contributed by atoms with Crippen molar-refractivity contribution in [2.45, 2.75) is 18.9 Å². The summed E-state index contributed by atoms with van der Waals surface area (Å²) >= 11 is 6.42. The van der Waals surface area contributed by atoms with Gasteiger partial charge in [-0.25, -0.2) is 9.97 Å². The zero-order valence-corrected chi connectivity index (χ0v) is 18.3. The average Bonchev–Trinajstić information content (AvgIpc) is 3.20. The molecule has 1 fully saturated rings. The highest BCUT2D eigenvalue weighted by molar-refractivity contribution is 6.34. The van der Waals surface area contributed by atoms with Crippen molar-refractivity contribution in [3.8, 4) is 17.2 Å². The van der Waals surface area contributed by atoms with Gasteiger partial charge in [-0.2, -0.15) is 0 Å². The predicted octanol–water partition coefficient (Wildman–Crippen LogP) is 4.73. The van der Waals surface area contributed by atoms with Crippen molar-refractivity contribution in [3.05, 3.63) is 41.7 Å². The summed E-state index contributed by atoms with van der Waals surface area (Å²) in [6.45, 7) is 2.08. The van der Waals surface area contributed by atoms with E-state index >= 15 is 0 Å². The van der Waals surface area contributed by atoms with Gasteiger partial charge in [-0.1, -0.05) is 17.7 Å². The van der Waals surface area contributed by atoms with Crippen molar-refractivity contribution in [2.24, 2.45) is 0 Å². The van der Waals surface area contributed by atoms with Gasteiger partial charge in [0.05, 0.1) is 15.9 Å². The zero-order valence-electron chi connectivity index (χ0n) is 15.9. The Morgan fingerprint density at radius 1 is 1.07 bits per heavy atom. The second-order valence-electron chi connectivity index (χ2n) is 6.72. The number of piperidine rings is 1. The van der Waals surface area contributed by atoms with Crippen molar-refractivity contribution in [3.63, 3.8) is 0 Å². The van der Waals surface area contributed by atoms with Crippen LogP contribution in [0.25, 0.3) is 10.9 Å². The van der Waals surface area contributed by atoms with E-state index in [1.807, 2.05) is 18.2 Å². The number of anilines is 2. The smallest absolute Gasteiger partial charge is 0.231 e. The summed E-state index contributed by atoms with van der Waals surface area (Å²) in [5.74, 6) is 2.60. The highest BCUT2D eigenvalue weighted by Crippen LogP contribution is 2.45. The summed E-state index contributed by atoms with van der Waals surface area (Å²) in [6, 6.07) is 9.40. The minimum Gasteiger partial charge on any atom is -0.489 e. The SMILES string of the molecule is Cl.Cl.Clc1ccc2c(c1Nc1ncnc3cccc(OC4CCNCC4)c13)OCO2. The number of aromatic nitrogens is 2. The van der Waals surface area contributed by atoms with Gasteiger partial charge in [0.2, 0.25) is 6.79 Å². The number of fused-ring (bicyclic) bond motifs is 2. The normalized spacial score (nSPS) is 15.2. The van der Waals surface area contributed by atoms with E-state index in [0.717, 1.165) is 42.6 Å². The van der Waals surface area contributed by atoms with E-state index in [2.05, 4.69) is 20.6 Å². The molecule has 0 spiro atoms. The lowest BCUT2D eigenvalue weighted by Crippen LogP contribution is -2.34. The lowest BCUT2D eigenvalue weighted by Gasteiger charge is -2.24. The first kappa shape index (κ1) is 22.5. The Labute approximate surface area is 191 Å². The Balaban J connectivity index is 0.00000128. The van der Waals surface area contributed by atoms with Gasteiger partial charge in [-0.15, -0.1) is 24.8 Å². The fourth-order valence-electron chi connectivity index (χ4n) is 3.55. The molecular formula is C20H21Cl3N4O3. The molecule has 0 bridgehead atoms. The van der Waals surface area contributed by atoms with Crippen LogP contribution in [-0.2, 0) is 0 Å². The summed E-state index contributed by atoms with van der Waals surface area (Å²) in [7, 11) is 0. The van der Waals surface area contributed by atoms with Crippen LogP contribution in [0.4, 0.5) is 11.5 Å². The van der Waals surface area contributed by atoms with E-state index in [9.17, 15) is 0 Å². The van der Waals surface area contributed by atoms with E-state index in [-0.39, 0.29) is 37.7 Å². The number of halogens is 3. The molecule has 2 N–H and O–H groups in total. The second kappa shape index (κ2) is 9.75.